The molecule has 1 heterocycles. The highest BCUT2D eigenvalue weighted by molar-refractivity contribution is 5.92. The molecule has 25 heavy (non-hydrogen) atoms. The Morgan fingerprint density at radius 1 is 1.24 bits per heavy atom. The standard InChI is InChI=1S/C18H20FNO5/c1-3-11-9-15(25-14(11)4-2)17(21)20-10-16(18(22)23)24-13-7-5-12(19)6-8-13/h5-9,16H,3-4,10H2,1-2H3,(H,20,21)(H,22,23). The zero-order valence-corrected chi connectivity index (χ0v) is 14.0. The Bertz CT molecular complexity index is 717. The Morgan fingerprint density at radius 3 is 2.44 bits per heavy atom. The number of carbonyl (C=O) groups excluding carboxylic acids is 1. The highest BCUT2D eigenvalue weighted by atomic mass is 19.1. The van der Waals surface area contributed by atoms with Gasteiger partial charge in [0.15, 0.2) is 5.76 Å². The van der Waals surface area contributed by atoms with Crippen molar-refractivity contribution in [2.75, 3.05) is 6.54 Å². The summed E-state index contributed by atoms with van der Waals surface area (Å²) in [5, 5.41) is 11.7. The summed E-state index contributed by atoms with van der Waals surface area (Å²) in [6, 6.07) is 6.62. The summed E-state index contributed by atoms with van der Waals surface area (Å²) in [7, 11) is 0. The first-order valence-electron chi connectivity index (χ1n) is 7.99. The van der Waals surface area contributed by atoms with Crippen LogP contribution in [0.4, 0.5) is 4.39 Å². The predicted molar refractivity (Wildman–Crippen MR) is 88.2 cm³/mol. The molecule has 0 saturated heterocycles. The first kappa shape index (κ1) is 18.5. The molecule has 7 heteroatoms. The molecule has 2 N–H and O–H groups in total. The van der Waals surface area contributed by atoms with Gasteiger partial charge in [-0.1, -0.05) is 13.8 Å². The van der Waals surface area contributed by atoms with Crippen molar-refractivity contribution in [3.8, 4) is 5.75 Å². The van der Waals surface area contributed by atoms with Crippen LogP contribution < -0.4 is 10.1 Å². The number of aryl methyl sites for hydroxylation is 2. The second-order valence-corrected chi connectivity index (χ2v) is 5.37. The lowest BCUT2D eigenvalue weighted by Gasteiger charge is -2.15. The molecular weight excluding hydrogens is 329 g/mol. The molecule has 0 aliphatic carbocycles. The minimum absolute atomic E-state index is 0.139. The average molecular weight is 349 g/mol. The second-order valence-electron chi connectivity index (χ2n) is 5.37. The van der Waals surface area contributed by atoms with Gasteiger partial charge in [0.05, 0.1) is 6.54 Å². The van der Waals surface area contributed by atoms with E-state index in [-0.39, 0.29) is 18.1 Å². The third-order valence-corrected chi connectivity index (χ3v) is 3.64. The normalized spacial score (nSPS) is 11.8. The quantitative estimate of drug-likeness (QED) is 0.765. The number of amides is 1. The van der Waals surface area contributed by atoms with Crippen LogP contribution in [-0.2, 0) is 17.6 Å². The maximum Gasteiger partial charge on any atom is 0.346 e. The zero-order valence-electron chi connectivity index (χ0n) is 14.0. The van der Waals surface area contributed by atoms with Gasteiger partial charge in [-0.3, -0.25) is 4.79 Å². The van der Waals surface area contributed by atoms with Crippen molar-refractivity contribution in [1.29, 1.82) is 0 Å². The first-order chi connectivity index (χ1) is 11.9. The third-order valence-electron chi connectivity index (χ3n) is 3.64. The van der Waals surface area contributed by atoms with Crippen molar-refractivity contribution in [1.82, 2.24) is 5.32 Å². The van der Waals surface area contributed by atoms with E-state index in [1.54, 1.807) is 6.07 Å². The van der Waals surface area contributed by atoms with Crippen molar-refractivity contribution in [2.24, 2.45) is 0 Å². The second kappa shape index (κ2) is 8.32. The molecule has 2 rings (SSSR count). The molecule has 1 atom stereocenters. The Kier molecular flexibility index (Phi) is 6.16. The Labute approximate surface area is 144 Å². The van der Waals surface area contributed by atoms with Gasteiger partial charge < -0.3 is 19.6 Å². The van der Waals surface area contributed by atoms with E-state index < -0.39 is 23.8 Å². The molecule has 0 radical (unpaired) electrons. The number of rotatable bonds is 8. The largest absolute Gasteiger partial charge is 0.478 e. The Balaban J connectivity index is 2.00. The molecule has 0 bridgehead atoms. The van der Waals surface area contributed by atoms with E-state index in [0.717, 1.165) is 29.9 Å². The van der Waals surface area contributed by atoms with Gasteiger partial charge in [-0.05, 0) is 42.3 Å². The Hall–Kier alpha value is -2.83. The number of hydrogen-bond acceptors (Lipinski definition) is 4. The highest BCUT2D eigenvalue weighted by Gasteiger charge is 2.22. The lowest BCUT2D eigenvalue weighted by molar-refractivity contribution is -0.144. The molecule has 0 fully saturated rings. The van der Waals surface area contributed by atoms with Gasteiger partial charge in [0, 0.05) is 6.42 Å². The number of benzene rings is 1. The average Bonchev–Trinajstić information content (AvgIpc) is 3.03. The van der Waals surface area contributed by atoms with Crippen LogP contribution in [0.3, 0.4) is 0 Å². The molecule has 1 aromatic heterocycles. The van der Waals surface area contributed by atoms with Gasteiger partial charge >= 0.3 is 5.97 Å². The predicted octanol–water partition coefficient (Wildman–Crippen LogP) is 2.81. The van der Waals surface area contributed by atoms with Crippen LogP contribution in [0, 0.1) is 5.82 Å². The summed E-state index contributed by atoms with van der Waals surface area (Å²) in [6.45, 7) is 3.63. The van der Waals surface area contributed by atoms with Crippen LogP contribution in [-0.4, -0.2) is 29.6 Å². The molecule has 2 aromatic rings. The van der Waals surface area contributed by atoms with E-state index in [2.05, 4.69) is 5.32 Å². The fraction of sp³-hybridized carbons (Fsp3) is 0.333. The lowest BCUT2D eigenvalue weighted by atomic mass is 10.1. The molecule has 1 aromatic carbocycles. The minimum Gasteiger partial charge on any atom is -0.478 e. The van der Waals surface area contributed by atoms with Crippen LogP contribution in [0.5, 0.6) is 5.75 Å². The van der Waals surface area contributed by atoms with Gasteiger partial charge in [0.2, 0.25) is 6.10 Å². The van der Waals surface area contributed by atoms with Crippen molar-refractivity contribution < 1.29 is 28.2 Å². The Morgan fingerprint density at radius 2 is 1.92 bits per heavy atom. The molecular formula is C18H20FNO5. The molecule has 0 saturated carbocycles. The summed E-state index contributed by atoms with van der Waals surface area (Å²) in [5.74, 6) is -1.13. The van der Waals surface area contributed by atoms with E-state index in [1.165, 1.54) is 12.1 Å². The molecule has 1 amide bonds. The van der Waals surface area contributed by atoms with Gasteiger partial charge in [-0.2, -0.15) is 0 Å². The fourth-order valence-corrected chi connectivity index (χ4v) is 2.31. The molecule has 6 nitrogen and oxygen atoms in total. The number of carboxylic acids is 1. The number of ether oxygens (including phenoxy) is 1. The number of carboxylic acid groups (broad SMARTS) is 1. The summed E-state index contributed by atoms with van der Waals surface area (Å²) in [6.07, 6.45) is 0.105. The zero-order chi connectivity index (χ0) is 18.4. The molecule has 134 valence electrons. The number of hydrogen-bond donors (Lipinski definition) is 2. The molecule has 1 unspecified atom stereocenters. The molecule has 0 spiro atoms. The SMILES string of the molecule is CCc1cc(C(=O)NCC(Oc2ccc(F)cc2)C(=O)O)oc1CC. The van der Waals surface area contributed by atoms with Gasteiger partial charge in [-0.25, -0.2) is 9.18 Å². The van der Waals surface area contributed by atoms with Crippen LogP contribution in [0.25, 0.3) is 0 Å². The van der Waals surface area contributed by atoms with E-state index in [0.29, 0.717) is 6.42 Å². The number of halogens is 1. The third kappa shape index (κ3) is 4.82. The van der Waals surface area contributed by atoms with E-state index in [1.807, 2.05) is 13.8 Å². The van der Waals surface area contributed by atoms with Crippen molar-refractivity contribution in [2.45, 2.75) is 32.8 Å². The maximum atomic E-state index is 12.9. The highest BCUT2D eigenvalue weighted by Crippen LogP contribution is 2.17. The van der Waals surface area contributed by atoms with Crippen LogP contribution in [0.15, 0.2) is 34.7 Å². The summed E-state index contributed by atoms with van der Waals surface area (Å²) < 4.78 is 23.7. The fourth-order valence-electron chi connectivity index (χ4n) is 2.31. The minimum atomic E-state index is -1.30. The molecule has 0 aliphatic rings. The van der Waals surface area contributed by atoms with Crippen molar-refractivity contribution in [3.05, 3.63) is 53.2 Å². The van der Waals surface area contributed by atoms with Crippen LogP contribution in [0.2, 0.25) is 0 Å². The summed E-state index contributed by atoms with van der Waals surface area (Å²) in [4.78, 5) is 23.5. The van der Waals surface area contributed by atoms with Gasteiger partial charge in [0.25, 0.3) is 5.91 Å². The summed E-state index contributed by atoms with van der Waals surface area (Å²) >= 11 is 0. The van der Waals surface area contributed by atoms with Crippen LogP contribution in [0.1, 0.15) is 35.7 Å². The maximum absolute atomic E-state index is 12.9. The van der Waals surface area contributed by atoms with Crippen molar-refractivity contribution in [3.63, 3.8) is 0 Å². The number of nitrogens with one attached hydrogen (secondary N) is 1. The van der Waals surface area contributed by atoms with E-state index >= 15 is 0 Å². The topological polar surface area (TPSA) is 88.8 Å². The van der Waals surface area contributed by atoms with Gasteiger partial charge in [0.1, 0.15) is 17.3 Å². The van der Waals surface area contributed by atoms with Gasteiger partial charge in [-0.15, -0.1) is 0 Å². The van der Waals surface area contributed by atoms with E-state index in [4.69, 9.17) is 9.15 Å². The van der Waals surface area contributed by atoms with Crippen LogP contribution >= 0.6 is 0 Å². The smallest absolute Gasteiger partial charge is 0.346 e. The first-order valence-corrected chi connectivity index (χ1v) is 7.99. The number of furan rings is 1. The van der Waals surface area contributed by atoms with Crippen molar-refractivity contribution >= 4 is 11.9 Å². The monoisotopic (exact) mass is 349 g/mol. The lowest BCUT2D eigenvalue weighted by Crippen LogP contribution is -2.40. The number of carbonyl (C=O) groups is 2. The number of aliphatic carboxylic acids is 1. The molecule has 0 aliphatic heterocycles. The van der Waals surface area contributed by atoms with E-state index in [9.17, 15) is 19.1 Å². The summed E-state index contributed by atoms with van der Waals surface area (Å²) in [5.41, 5.74) is 0.949.